The average Bonchev–Trinajstić information content (AvgIpc) is 2.72. The number of hydrogen-bond acceptors (Lipinski definition) is 3. The first-order valence-corrected chi connectivity index (χ1v) is 6.53. The van der Waals surface area contributed by atoms with E-state index in [1.165, 1.54) is 6.42 Å². The van der Waals surface area contributed by atoms with Gasteiger partial charge in [0.1, 0.15) is 0 Å². The van der Waals surface area contributed by atoms with E-state index in [-0.39, 0.29) is 5.54 Å². The van der Waals surface area contributed by atoms with Crippen molar-refractivity contribution in [2.75, 3.05) is 19.6 Å². The van der Waals surface area contributed by atoms with E-state index in [2.05, 4.69) is 36.1 Å². The van der Waals surface area contributed by atoms with E-state index in [0.29, 0.717) is 6.04 Å². The van der Waals surface area contributed by atoms with Gasteiger partial charge in [0.15, 0.2) is 0 Å². The zero-order chi connectivity index (χ0) is 12.3. The fourth-order valence-corrected chi connectivity index (χ4v) is 2.48. The third kappa shape index (κ3) is 3.54. The maximum absolute atomic E-state index is 4.26. The topological polar surface area (TPSA) is 33.1 Å². The van der Waals surface area contributed by atoms with E-state index >= 15 is 0 Å². The third-order valence-electron chi connectivity index (χ3n) is 3.56. The Morgan fingerprint density at radius 2 is 2.24 bits per heavy atom. The Kier molecular flexibility index (Phi) is 3.84. The Bertz CT molecular complexity index is 331. The van der Waals surface area contributed by atoms with Gasteiger partial charge in [-0.25, -0.2) is 0 Å². The van der Waals surface area contributed by atoms with Crippen LogP contribution in [-0.2, 0) is 6.54 Å². The lowest BCUT2D eigenvalue weighted by molar-refractivity contribution is 0.173. The summed E-state index contributed by atoms with van der Waals surface area (Å²) in [6.07, 6.45) is 5.10. The minimum Gasteiger partial charge on any atom is -0.310 e. The highest BCUT2D eigenvalue weighted by Gasteiger charge is 2.27. The molecule has 17 heavy (non-hydrogen) atoms. The maximum Gasteiger partial charge on any atom is 0.0536 e. The van der Waals surface area contributed by atoms with Crippen molar-refractivity contribution in [3.8, 4) is 0 Å². The molecule has 1 atom stereocenters. The van der Waals surface area contributed by atoms with Crippen LogP contribution in [0.3, 0.4) is 0 Å². The molecule has 1 fully saturated rings. The molecule has 1 aromatic heterocycles. The summed E-state index contributed by atoms with van der Waals surface area (Å²) in [6.45, 7) is 11.2. The van der Waals surface area contributed by atoms with Gasteiger partial charge in [0.05, 0.1) is 6.54 Å². The first-order valence-electron chi connectivity index (χ1n) is 6.53. The van der Waals surface area contributed by atoms with Crippen molar-refractivity contribution >= 4 is 0 Å². The Morgan fingerprint density at radius 1 is 1.41 bits per heavy atom. The average molecular weight is 236 g/mol. The van der Waals surface area contributed by atoms with Crippen LogP contribution in [-0.4, -0.2) is 45.9 Å². The Hall–Kier alpha value is -0.870. The molecule has 0 radical (unpaired) electrons. The summed E-state index contributed by atoms with van der Waals surface area (Å²) in [5, 5.41) is 7.87. The predicted molar refractivity (Wildman–Crippen MR) is 70.0 cm³/mol. The van der Waals surface area contributed by atoms with Gasteiger partial charge in [0, 0.05) is 37.1 Å². The molecule has 0 bridgehead atoms. The van der Waals surface area contributed by atoms with Gasteiger partial charge in [-0.2, -0.15) is 5.10 Å². The predicted octanol–water partition coefficient (Wildman–Crippen LogP) is 1.35. The molecule has 0 aromatic carbocycles. The normalized spacial score (nSPS) is 25.7. The molecule has 96 valence electrons. The molecule has 0 amide bonds. The van der Waals surface area contributed by atoms with Crippen molar-refractivity contribution in [2.45, 2.75) is 45.3 Å². The minimum absolute atomic E-state index is 0.217. The van der Waals surface area contributed by atoms with Crippen LogP contribution in [0.5, 0.6) is 0 Å². The van der Waals surface area contributed by atoms with Gasteiger partial charge in [0.25, 0.3) is 0 Å². The van der Waals surface area contributed by atoms with Crippen LogP contribution in [0.25, 0.3) is 0 Å². The van der Waals surface area contributed by atoms with Crippen molar-refractivity contribution in [1.82, 2.24) is 20.0 Å². The molecule has 0 saturated carbocycles. The quantitative estimate of drug-likeness (QED) is 0.860. The van der Waals surface area contributed by atoms with Crippen molar-refractivity contribution in [3.63, 3.8) is 0 Å². The molecule has 1 unspecified atom stereocenters. The van der Waals surface area contributed by atoms with E-state index in [1.807, 2.05) is 23.1 Å². The second kappa shape index (κ2) is 5.19. The minimum atomic E-state index is 0.217. The van der Waals surface area contributed by atoms with Gasteiger partial charge in [-0.1, -0.05) is 0 Å². The first kappa shape index (κ1) is 12.6. The van der Waals surface area contributed by atoms with Crippen LogP contribution < -0.4 is 5.32 Å². The van der Waals surface area contributed by atoms with Crippen LogP contribution >= 0.6 is 0 Å². The summed E-state index contributed by atoms with van der Waals surface area (Å²) >= 11 is 0. The molecule has 4 nitrogen and oxygen atoms in total. The third-order valence-corrected chi connectivity index (χ3v) is 3.56. The van der Waals surface area contributed by atoms with E-state index in [0.717, 1.165) is 26.2 Å². The summed E-state index contributed by atoms with van der Waals surface area (Å²) in [7, 11) is 0. The van der Waals surface area contributed by atoms with Crippen molar-refractivity contribution in [3.05, 3.63) is 18.5 Å². The van der Waals surface area contributed by atoms with Crippen LogP contribution in [0.2, 0.25) is 0 Å². The van der Waals surface area contributed by atoms with Crippen LogP contribution in [0.4, 0.5) is 0 Å². The van der Waals surface area contributed by atoms with Gasteiger partial charge >= 0.3 is 0 Å². The van der Waals surface area contributed by atoms with Crippen LogP contribution in [0.1, 0.15) is 27.2 Å². The summed E-state index contributed by atoms with van der Waals surface area (Å²) in [6, 6.07) is 2.64. The highest BCUT2D eigenvalue weighted by molar-refractivity contribution is 4.88. The Labute approximate surface area is 104 Å². The summed E-state index contributed by atoms with van der Waals surface area (Å²) in [5.74, 6) is 0. The largest absolute Gasteiger partial charge is 0.310 e. The van der Waals surface area contributed by atoms with Gasteiger partial charge in [0.2, 0.25) is 0 Å². The molecule has 0 aliphatic carbocycles. The number of hydrogen-bond donors (Lipinski definition) is 1. The molecular formula is C13H24N4. The summed E-state index contributed by atoms with van der Waals surface area (Å²) in [5.41, 5.74) is 0.217. The van der Waals surface area contributed by atoms with Crippen LogP contribution in [0.15, 0.2) is 18.5 Å². The van der Waals surface area contributed by atoms with E-state index in [9.17, 15) is 0 Å². The van der Waals surface area contributed by atoms with E-state index in [4.69, 9.17) is 0 Å². The molecule has 0 spiro atoms. The molecule has 1 N–H and O–H groups in total. The lowest BCUT2D eigenvalue weighted by Gasteiger charge is -2.32. The molecule has 2 heterocycles. The molecule has 1 aliphatic rings. The highest BCUT2D eigenvalue weighted by atomic mass is 15.3. The number of nitrogens with zero attached hydrogens (tertiary/aromatic N) is 3. The van der Waals surface area contributed by atoms with Gasteiger partial charge < -0.3 is 5.32 Å². The number of nitrogens with one attached hydrogen (secondary N) is 1. The molecular weight excluding hydrogens is 212 g/mol. The first-order chi connectivity index (χ1) is 8.07. The molecule has 2 rings (SSSR count). The zero-order valence-electron chi connectivity index (χ0n) is 11.2. The van der Waals surface area contributed by atoms with Gasteiger partial charge in [-0.3, -0.25) is 9.58 Å². The molecule has 4 heteroatoms. The lowest BCUT2D eigenvalue weighted by Crippen LogP contribution is -2.48. The fourth-order valence-electron chi connectivity index (χ4n) is 2.48. The van der Waals surface area contributed by atoms with Crippen LogP contribution in [0, 0.1) is 0 Å². The van der Waals surface area contributed by atoms with Crippen molar-refractivity contribution in [2.24, 2.45) is 0 Å². The fraction of sp³-hybridized carbons (Fsp3) is 0.769. The Morgan fingerprint density at radius 3 is 2.94 bits per heavy atom. The Balaban J connectivity index is 1.92. The standard InChI is InChI=1S/C13H24N4/c1-12-5-7-14-13(2,3)11-16(12)9-10-17-8-4-6-15-17/h4,6,8,12,14H,5,7,9-11H2,1-3H3. The lowest BCUT2D eigenvalue weighted by atomic mass is 10.1. The van der Waals surface area contributed by atoms with E-state index in [1.54, 1.807) is 0 Å². The smallest absolute Gasteiger partial charge is 0.0536 e. The van der Waals surface area contributed by atoms with Crippen molar-refractivity contribution < 1.29 is 0 Å². The van der Waals surface area contributed by atoms with Gasteiger partial charge in [-0.15, -0.1) is 0 Å². The van der Waals surface area contributed by atoms with Crippen molar-refractivity contribution in [1.29, 1.82) is 0 Å². The van der Waals surface area contributed by atoms with E-state index < -0.39 is 0 Å². The monoisotopic (exact) mass is 236 g/mol. The summed E-state index contributed by atoms with van der Waals surface area (Å²) in [4.78, 5) is 2.57. The second-order valence-corrected chi connectivity index (χ2v) is 5.69. The van der Waals surface area contributed by atoms with Gasteiger partial charge in [-0.05, 0) is 39.8 Å². The molecule has 1 aliphatic heterocycles. The molecule has 1 saturated heterocycles. The summed E-state index contributed by atoms with van der Waals surface area (Å²) < 4.78 is 2.01. The molecule has 1 aromatic rings. The SMILES string of the molecule is CC1CCNC(C)(C)CN1CCn1cccn1. The highest BCUT2D eigenvalue weighted by Crippen LogP contribution is 2.15. The zero-order valence-corrected chi connectivity index (χ0v) is 11.2. The second-order valence-electron chi connectivity index (χ2n) is 5.69. The number of rotatable bonds is 3. The number of aromatic nitrogens is 2. The maximum atomic E-state index is 4.26.